The number of benzene rings is 1. The number of allylic oxidation sites excluding steroid dienone is 1. The Balaban J connectivity index is 2.26. The molecule has 0 atom stereocenters. The van der Waals surface area contributed by atoms with Crippen molar-refractivity contribution in [2.45, 2.75) is 45.5 Å². The molecular weight excluding hydrogens is 305 g/mol. The highest BCUT2D eigenvalue weighted by molar-refractivity contribution is 6.62. The first kappa shape index (κ1) is 18.0. The van der Waals surface area contributed by atoms with Gasteiger partial charge in [0.25, 0.3) is 0 Å². The van der Waals surface area contributed by atoms with Crippen LogP contribution in [-0.2, 0) is 15.9 Å². The van der Waals surface area contributed by atoms with Crippen LogP contribution in [0.3, 0.4) is 0 Å². The van der Waals surface area contributed by atoms with Gasteiger partial charge in [0.05, 0.1) is 17.8 Å². The second kappa shape index (κ2) is 6.66. The van der Waals surface area contributed by atoms with Crippen LogP contribution in [0.1, 0.15) is 33.3 Å². The van der Waals surface area contributed by atoms with Crippen LogP contribution in [0.4, 0.5) is 5.69 Å². The maximum absolute atomic E-state index is 9.60. The first-order chi connectivity index (χ1) is 11.2. The fourth-order valence-electron chi connectivity index (χ4n) is 2.25. The lowest BCUT2D eigenvalue weighted by atomic mass is 9.78. The van der Waals surface area contributed by atoms with E-state index in [1.807, 2.05) is 33.8 Å². The summed E-state index contributed by atoms with van der Waals surface area (Å²) >= 11 is 0. The van der Waals surface area contributed by atoms with E-state index >= 15 is 0 Å². The number of anilines is 1. The Morgan fingerprint density at radius 1 is 1.21 bits per heavy atom. The maximum atomic E-state index is 9.60. The molecule has 0 radical (unpaired) electrons. The molecule has 0 amide bonds. The van der Waals surface area contributed by atoms with Crippen molar-refractivity contribution >= 4 is 18.3 Å². The molecular formula is C17H20BN3O3. The first-order valence-corrected chi connectivity index (χ1v) is 7.60. The van der Waals surface area contributed by atoms with Crippen LogP contribution in [0.2, 0.25) is 0 Å². The zero-order valence-corrected chi connectivity index (χ0v) is 14.3. The topological polar surface area (TPSA) is 98.3 Å². The summed E-state index contributed by atoms with van der Waals surface area (Å²) < 4.78 is 12.0. The smallest absolute Gasteiger partial charge is 0.399 e. The molecule has 1 aliphatic heterocycles. The summed E-state index contributed by atoms with van der Waals surface area (Å²) in [4.78, 5) is 0. The van der Waals surface area contributed by atoms with Gasteiger partial charge in [0.2, 0.25) is 0 Å². The molecule has 0 aliphatic carbocycles. The van der Waals surface area contributed by atoms with Crippen molar-refractivity contribution in [1.29, 1.82) is 10.5 Å². The Labute approximate surface area is 142 Å². The monoisotopic (exact) mass is 325 g/mol. The van der Waals surface area contributed by atoms with Gasteiger partial charge in [-0.2, -0.15) is 10.5 Å². The number of nitriles is 2. The molecule has 2 N–H and O–H groups in total. The number of nitrogens with one attached hydrogen (secondary N) is 1. The molecule has 0 saturated carbocycles. The Bertz CT molecular complexity index is 712. The molecule has 1 fully saturated rings. The minimum Gasteiger partial charge on any atom is -0.399 e. The van der Waals surface area contributed by atoms with Crippen molar-refractivity contribution in [1.82, 2.24) is 0 Å². The summed E-state index contributed by atoms with van der Waals surface area (Å²) in [5.41, 5.74) is 1.10. The molecule has 0 spiro atoms. The average Bonchev–Trinajstić information content (AvgIpc) is 2.76. The zero-order chi connectivity index (χ0) is 18.0. The van der Waals surface area contributed by atoms with E-state index in [2.05, 4.69) is 5.32 Å². The molecule has 1 saturated heterocycles. The lowest BCUT2D eigenvalue weighted by Gasteiger charge is -2.32. The molecule has 2 rings (SSSR count). The average molecular weight is 325 g/mol. The van der Waals surface area contributed by atoms with Crippen LogP contribution < -0.4 is 10.8 Å². The van der Waals surface area contributed by atoms with Crippen molar-refractivity contribution in [2.24, 2.45) is 0 Å². The minimum atomic E-state index is -0.515. The van der Waals surface area contributed by atoms with Gasteiger partial charge in [0.15, 0.2) is 0 Å². The second-order valence-electron chi connectivity index (χ2n) is 6.59. The summed E-state index contributed by atoms with van der Waals surface area (Å²) in [5.74, 6) is 0. The third-order valence-corrected chi connectivity index (χ3v) is 4.44. The van der Waals surface area contributed by atoms with Gasteiger partial charge in [-0.25, -0.2) is 0 Å². The molecule has 1 aromatic carbocycles. The van der Waals surface area contributed by atoms with E-state index in [9.17, 15) is 5.11 Å². The molecule has 0 aromatic heterocycles. The predicted molar refractivity (Wildman–Crippen MR) is 91.0 cm³/mol. The molecule has 0 bridgehead atoms. The number of hydrogen-bond acceptors (Lipinski definition) is 6. The predicted octanol–water partition coefficient (Wildman–Crippen LogP) is 1.82. The van der Waals surface area contributed by atoms with Crippen molar-refractivity contribution in [3.05, 3.63) is 35.5 Å². The number of aliphatic hydroxyl groups excluding tert-OH is 1. The normalized spacial score (nSPS) is 17.7. The number of aliphatic hydroxyl groups is 1. The van der Waals surface area contributed by atoms with Crippen molar-refractivity contribution in [3.63, 3.8) is 0 Å². The maximum Gasteiger partial charge on any atom is 0.494 e. The van der Waals surface area contributed by atoms with Gasteiger partial charge in [-0.15, -0.1) is 0 Å². The van der Waals surface area contributed by atoms with E-state index in [0.29, 0.717) is 11.3 Å². The fraction of sp³-hybridized carbons (Fsp3) is 0.412. The van der Waals surface area contributed by atoms with Gasteiger partial charge in [-0.3, -0.25) is 0 Å². The summed E-state index contributed by atoms with van der Waals surface area (Å²) in [5, 5.41) is 30.0. The largest absolute Gasteiger partial charge is 0.494 e. The number of hydrogen-bond donors (Lipinski definition) is 2. The van der Waals surface area contributed by atoms with Gasteiger partial charge in [-0.1, -0.05) is 12.1 Å². The molecule has 7 heteroatoms. The van der Waals surface area contributed by atoms with Gasteiger partial charge >= 0.3 is 7.12 Å². The molecule has 1 aromatic rings. The van der Waals surface area contributed by atoms with Gasteiger partial charge in [-0.05, 0) is 39.2 Å². The Kier molecular flexibility index (Phi) is 5.01. The van der Waals surface area contributed by atoms with E-state index < -0.39 is 18.3 Å². The highest BCUT2D eigenvalue weighted by atomic mass is 16.7. The lowest BCUT2D eigenvalue weighted by Crippen LogP contribution is -2.41. The van der Waals surface area contributed by atoms with E-state index in [1.165, 1.54) is 6.20 Å². The fourth-order valence-corrected chi connectivity index (χ4v) is 2.25. The van der Waals surface area contributed by atoms with Crippen molar-refractivity contribution < 1.29 is 14.4 Å². The van der Waals surface area contributed by atoms with Crippen LogP contribution >= 0.6 is 0 Å². The first-order valence-electron chi connectivity index (χ1n) is 7.60. The van der Waals surface area contributed by atoms with Gasteiger partial charge in [0.1, 0.15) is 17.7 Å². The van der Waals surface area contributed by atoms with Crippen molar-refractivity contribution in [3.8, 4) is 12.1 Å². The summed E-state index contributed by atoms with van der Waals surface area (Å²) in [6.45, 7) is 7.72. The second-order valence-corrected chi connectivity index (χ2v) is 6.59. The van der Waals surface area contributed by atoms with Crippen LogP contribution in [0.5, 0.6) is 0 Å². The third kappa shape index (κ3) is 3.44. The zero-order valence-electron chi connectivity index (χ0n) is 14.3. The summed E-state index contributed by atoms with van der Waals surface area (Å²) in [7, 11) is -0.515. The molecule has 124 valence electrons. The Morgan fingerprint density at radius 3 is 2.29 bits per heavy atom. The standard InChI is InChI=1S/C17H20BN3O3/c1-16(2)17(3,4)24-18(23-16)14-5-6-15(13(7-14)11-22)21-10-12(8-19)9-20/h5-7,10,21-22H,11H2,1-4H3. The molecule has 1 aliphatic rings. The van der Waals surface area contributed by atoms with Crippen LogP contribution in [0, 0.1) is 22.7 Å². The van der Waals surface area contributed by atoms with Crippen LogP contribution in [0.15, 0.2) is 30.0 Å². The van der Waals surface area contributed by atoms with Gasteiger partial charge in [0, 0.05) is 17.5 Å². The molecule has 6 nitrogen and oxygen atoms in total. The van der Waals surface area contributed by atoms with Crippen molar-refractivity contribution in [2.75, 3.05) is 5.32 Å². The Hall–Kier alpha value is -2.32. The third-order valence-electron chi connectivity index (χ3n) is 4.44. The van der Waals surface area contributed by atoms with E-state index in [-0.39, 0.29) is 12.2 Å². The summed E-state index contributed by atoms with van der Waals surface area (Å²) in [6, 6.07) is 8.91. The summed E-state index contributed by atoms with van der Waals surface area (Å²) in [6.07, 6.45) is 1.31. The lowest BCUT2D eigenvalue weighted by molar-refractivity contribution is 0.00578. The molecule has 1 heterocycles. The highest BCUT2D eigenvalue weighted by Crippen LogP contribution is 2.36. The van der Waals surface area contributed by atoms with Crippen LogP contribution in [-0.4, -0.2) is 23.4 Å². The van der Waals surface area contributed by atoms with E-state index in [0.717, 1.165) is 5.46 Å². The van der Waals surface area contributed by atoms with E-state index in [1.54, 1.807) is 24.3 Å². The van der Waals surface area contributed by atoms with E-state index in [4.69, 9.17) is 19.8 Å². The Morgan fingerprint density at radius 2 is 1.79 bits per heavy atom. The quantitative estimate of drug-likeness (QED) is 0.647. The number of nitrogens with zero attached hydrogens (tertiary/aromatic N) is 2. The molecule has 0 unspecified atom stereocenters. The number of rotatable bonds is 4. The minimum absolute atomic E-state index is 0.0473. The SMILES string of the molecule is CC1(C)OB(c2ccc(NC=C(C#N)C#N)c(CO)c2)OC1(C)C. The molecule has 24 heavy (non-hydrogen) atoms. The highest BCUT2D eigenvalue weighted by Gasteiger charge is 2.51. The van der Waals surface area contributed by atoms with Crippen LogP contribution in [0.25, 0.3) is 0 Å². The van der Waals surface area contributed by atoms with Gasteiger partial charge < -0.3 is 19.7 Å².